The molecule has 2 aromatic heterocycles. The number of halogens is 1. The maximum absolute atomic E-state index is 13.4. The summed E-state index contributed by atoms with van der Waals surface area (Å²) in [5, 5.41) is 2.88. The third-order valence-electron chi connectivity index (χ3n) is 3.68. The SMILES string of the molecule is COc1ccccc1[C@H](NC(=O)c1cncc(F)c1)c1ccccn1. The molecule has 0 saturated carbocycles. The van der Waals surface area contributed by atoms with E-state index in [1.165, 1.54) is 6.20 Å². The Morgan fingerprint density at radius 2 is 1.96 bits per heavy atom. The molecule has 0 aliphatic heterocycles. The maximum Gasteiger partial charge on any atom is 0.253 e. The van der Waals surface area contributed by atoms with E-state index in [1.807, 2.05) is 24.3 Å². The lowest BCUT2D eigenvalue weighted by Crippen LogP contribution is -2.30. The number of pyridine rings is 2. The van der Waals surface area contributed by atoms with Gasteiger partial charge in [-0.1, -0.05) is 24.3 Å². The van der Waals surface area contributed by atoms with Crippen molar-refractivity contribution < 1.29 is 13.9 Å². The molecule has 126 valence electrons. The molecule has 3 rings (SSSR count). The quantitative estimate of drug-likeness (QED) is 0.777. The molecule has 0 fully saturated rings. The molecule has 0 unspecified atom stereocenters. The first-order valence-corrected chi connectivity index (χ1v) is 7.64. The number of methoxy groups -OCH3 is 1. The Kier molecular flexibility index (Phi) is 4.99. The largest absolute Gasteiger partial charge is 0.496 e. The van der Waals surface area contributed by atoms with Gasteiger partial charge >= 0.3 is 0 Å². The topological polar surface area (TPSA) is 64.1 Å². The number of para-hydroxylation sites is 1. The van der Waals surface area contributed by atoms with Gasteiger partial charge < -0.3 is 10.1 Å². The molecule has 1 aromatic carbocycles. The highest BCUT2D eigenvalue weighted by atomic mass is 19.1. The molecule has 0 bridgehead atoms. The Morgan fingerprint density at radius 1 is 1.16 bits per heavy atom. The van der Waals surface area contributed by atoms with Gasteiger partial charge in [0.2, 0.25) is 0 Å². The zero-order chi connectivity index (χ0) is 17.6. The van der Waals surface area contributed by atoms with Crippen LogP contribution in [0.4, 0.5) is 4.39 Å². The van der Waals surface area contributed by atoms with Gasteiger partial charge in [0.15, 0.2) is 0 Å². The van der Waals surface area contributed by atoms with Crippen LogP contribution >= 0.6 is 0 Å². The molecule has 0 aliphatic carbocycles. The molecule has 0 aliphatic rings. The average molecular weight is 337 g/mol. The predicted octanol–water partition coefficient (Wildman–Crippen LogP) is 3.14. The summed E-state index contributed by atoms with van der Waals surface area (Å²) < 4.78 is 18.8. The van der Waals surface area contributed by atoms with E-state index in [9.17, 15) is 9.18 Å². The van der Waals surface area contributed by atoms with Crippen molar-refractivity contribution in [3.05, 3.63) is 89.8 Å². The number of aromatic nitrogens is 2. The van der Waals surface area contributed by atoms with E-state index in [0.717, 1.165) is 17.8 Å². The molecule has 0 radical (unpaired) electrons. The highest BCUT2D eigenvalue weighted by Gasteiger charge is 2.22. The van der Waals surface area contributed by atoms with Crippen LogP contribution in [0.1, 0.15) is 27.7 Å². The van der Waals surface area contributed by atoms with Gasteiger partial charge in [0.25, 0.3) is 5.91 Å². The Hall–Kier alpha value is -3.28. The number of nitrogens with zero attached hydrogens (tertiary/aromatic N) is 2. The van der Waals surface area contributed by atoms with Crippen molar-refractivity contribution in [2.24, 2.45) is 0 Å². The van der Waals surface area contributed by atoms with Gasteiger partial charge in [-0.3, -0.25) is 14.8 Å². The van der Waals surface area contributed by atoms with E-state index in [4.69, 9.17) is 4.74 Å². The minimum Gasteiger partial charge on any atom is -0.496 e. The summed E-state index contributed by atoms with van der Waals surface area (Å²) in [4.78, 5) is 20.6. The van der Waals surface area contributed by atoms with Crippen LogP contribution in [0.25, 0.3) is 0 Å². The van der Waals surface area contributed by atoms with Crippen LogP contribution in [0, 0.1) is 5.82 Å². The second kappa shape index (κ2) is 7.53. The summed E-state index contributed by atoms with van der Waals surface area (Å²) in [6.07, 6.45) is 4.01. The normalized spacial score (nSPS) is 11.6. The number of hydrogen-bond donors (Lipinski definition) is 1. The van der Waals surface area contributed by atoms with Gasteiger partial charge in [-0.15, -0.1) is 0 Å². The van der Waals surface area contributed by atoms with Crippen LogP contribution in [0.15, 0.2) is 67.1 Å². The van der Waals surface area contributed by atoms with E-state index >= 15 is 0 Å². The molecule has 6 heteroatoms. The summed E-state index contributed by atoms with van der Waals surface area (Å²) in [7, 11) is 1.56. The summed E-state index contributed by atoms with van der Waals surface area (Å²) in [6.45, 7) is 0. The smallest absolute Gasteiger partial charge is 0.253 e. The molecule has 0 spiro atoms. The van der Waals surface area contributed by atoms with Crippen molar-refractivity contribution in [3.8, 4) is 5.75 Å². The molecule has 1 amide bonds. The number of carbonyl (C=O) groups excluding carboxylic acids is 1. The number of benzene rings is 1. The first-order chi connectivity index (χ1) is 12.2. The molecular formula is C19H16FN3O2. The first kappa shape index (κ1) is 16.6. The van der Waals surface area contributed by atoms with E-state index in [1.54, 1.807) is 31.5 Å². The lowest BCUT2D eigenvalue weighted by atomic mass is 10.0. The van der Waals surface area contributed by atoms with Gasteiger partial charge in [-0.2, -0.15) is 0 Å². The fourth-order valence-electron chi connectivity index (χ4n) is 2.51. The van der Waals surface area contributed by atoms with Crippen LogP contribution < -0.4 is 10.1 Å². The van der Waals surface area contributed by atoms with Gasteiger partial charge in [-0.25, -0.2) is 4.39 Å². The van der Waals surface area contributed by atoms with Crippen LogP contribution in [0.5, 0.6) is 5.75 Å². The first-order valence-electron chi connectivity index (χ1n) is 7.64. The van der Waals surface area contributed by atoms with E-state index in [2.05, 4.69) is 15.3 Å². The van der Waals surface area contributed by atoms with Crippen molar-refractivity contribution >= 4 is 5.91 Å². The molecule has 3 aromatic rings. The predicted molar refractivity (Wildman–Crippen MR) is 90.7 cm³/mol. The maximum atomic E-state index is 13.4. The molecule has 1 N–H and O–H groups in total. The monoisotopic (exact) mass is 337 g/mol. The van der Waals surface area contributed by atoms with E-state index in [-0.39, 0.29) is 5.56 Å². The van der Waals surface area contributed by atoms with Crippen LogP contribution in [0.2, 0.25) is 0 Å². The summed E-state index contributed by atoms with van der Waals surface area (Å²) in [5.74, 6) is -0.399. The van der Waals surface area contributed by atoms with Gasteiger partial charge in [0, 0.05) is 18.0 Å². The third kappa shape index (κ3) is 3.80. The van der Waals surface area contributed by atoms with Gasteiger partial charge in [0.1, 0.15) is 17.6 Å². The van der Waals surface area contributed by atoms with E-state index < -0.39 is 17.8 Å². The summed E-state index contributed by atoms with van der Waals surface area (Å²) >= 11 is 0. The zero-order valence-corrected chi connectivity index (χ0v) is 13.5. The lowest BCUT2D eigenvalue weighted by Gasteiger charge is -2.21. The fraction of sp³-hybridized carbons (Fsp3) is 0.105. The fourth-order valence-corrected chi connectivity index (χ4v) is 2.51. The van der Waals surface area contributed by atoms with Crippen molar-refractivity contribution in [2.75, 3.05) is 7.11 Å². The molecular weight excluding hydrogens is 321 g/mol. The van der Waals surface area contributed by atoms with Crippen molar-refractivity contribution in [1.82, 2.24) is 15.3 Å². The number of rotatable bonds is 5. The highest BCUT2D eigenvalue weighted by Crippen LogP contribution is 2.29. The summed E-state index contributed by atoms with van der Waals surface area (Å²) in [6, 6.07) is 13.4. The van der Waals surface area contributed by atoms with Gasteiger partial charge in [-0.05, 0) is 24.3 Å². The Morgan fingerprint density at radius 3 is 2.68 bits per heavy atom. The average Bonchev–Trinajstić information content (AvgIpc) is 2.66. The minimum absolute atomic E-state index is 0.135. The molecule has 25 heavy (non-hydrogen) atoms. The molecule has 5 nitrogen and oxygen atoms in total. The van der Waals surface area contributed by atoms with Crippen molar-refractivity contribution in [3.63, 3.8) is 0 Å². The van der Waals surface area contributed by atoms with Crippen LogP contribution in [0.3, 0.4) is 0 Å². The second-order valence-electron chi connectivity index (χ2n) is 5.29. The molecule has 0 saturated heterocycles. The number of hydrogen-bond acceptors (Lipinski definition) is 4. The number of ether oxygens (including phenoxy) is 1. The van der Waals surface area contributed by atoms with Crippen LogP contribution in [-0.2, 0) is 0 Å². The van der Waals surface area contributed by atoms with Gasteiger partial charge in [0.05, 0.1) is 24.6 Å². The van der Waals surface area contributed by atoms with Crippen molar-refractivity contribution in [1.29, 1.82) is 0 Å². The molecule has 1 atom stereocenters. The summed E-state index contributed by atoms with van der Waals surface area (Å²) in [5.41, 5.74) is 1.53. The third-order valence-corrected chi connectivity index (χ3v) is 3.68. The van der Waals surface area contributed by atoms with Crippen LogP contribution in [-0.4, -0.2) is 23.0 Å². The van der Waals surface area contributed by atoms with E-state index in [0.29, 0.717) is 11.4 Å². The minimum atomic E-state index is -0.570. The second-order valence-corrected chi connectivity index (χ2v) is 5.29. The number of amides is 1. The highest BCUT2D eigenvalue weighted by molar-refractivity contribution is 5.94. The number of carbonyl (C=O) groups is 1. The zero-order valence-electron chi connectivity index (χ0n) is 13.5. The Bertz CT molecular complexity index is 871. The van der Waals surface area contributed by atoms with Crippen molar-refractivity contribution in [2.45, 2.75) is 6.04 Å². The number of nitrogens with one attached hydrogen (secondary N) is 1. The Balaban J connectivity index is 1.99. The lowest BCUT2D eigenvalue weighted by molar-refractivity contribution is 0.0941. The standard InChI is InChI=1S/C19H16FN3O2/c1-25-17-8-3-2-6-15(17)18(16-7-4-5-9-22-16)23-19(24)13-10-14(20)12-21-11-13/h2-12,18H,1H3,(H,23,24)/t18-/m0/s1. The molecule has 2 heterocycles. The Labute approximate surface area is 144 Å².